The van der Waals surface area contributed by atoms with Crippen LogP contribution in [-0.2, 0) is 18.4 Å². The molecule has 0 radical (unpaired) electrons. The molecule has 8 nitrogen and oxygen atoms in total. The normalized spacial score (nSPS) is 14.2. The van der Waals surface area contributed by atoms with E-state index in [4.69, 9.17) is 9.05 Å². The minimum Gasteiger partial charge on any atom is -0.756 e. The average Bonchev–Trinajstić information content (AvgIpc) is 3.20. The number of aliphatic hydroxyl groups excluding tert-OH is 1. The maximum atomic E-state index is 12.9. The minimum absolute atomic E-state index is 0.0146. The SMILES string of the molecule is CCCCCCCCCC/C=C\CCCCCCCCCCCCCCCCCCCC(=O)NC(COP(=O)([O-])OCC[N+](C)(C)C)C(O)CCCCCCCCCCC. The molecule has 2 N–H and O–H groups in total. The number of likely N-dealkylation sites (N-methyl/N-ethyl adjacent to an activating group) is 1. The Morgan fingerprint density at radius 2 is 0.917 bits per heavy atom. The molecule has 0 aromatic heterocycles. The number of unbranched alkanes of at least 4 members (excludes halogenated alkanes) is 33. The Labute approximate surface area is 373 Å². The summed E-state index contributed by atoms with van der Waals surface area (Å²) in [5, 5.41) is 13.9. The highest BCUT2D eigenvalue weighted by atomic mass is 31.2. The number of rotatable bonds is 48. The van der Waals surface area contributed by atoms with Gasteiger partial charge in [-0.05, 0) is 38.5 Å². The summed E-state index contributed by atoms with van der Waals surface area (Å²) in [6.07, 6.45) is 51.1. The highest BCUT2D eigenvalue weighted by molar-refractivity contribution is 7.45. The van der Waals surface area contributed by atoms with Crippen molar-refractivity contribution >= 4 is 13.7 Å². The molecule has 0 heterocycles. The summed E-state index contributed by atoms with van der Waals surface area (Å²) in [5.74, 6) is -0.163. The summed E-state index contributed by atoms with van der Waals surface area (Å²) >= 11 is 0. The Balaban J connectivity index is 3.96. The number of hydrogen-bond donors (Lipinski definition) is 2. The zero-order valence-corrected chi connectivity index (χ0v) is 41.6. The van der Waals surface area contributed by atoms with Gasteiger partial charge in [-0.15, -0.1) is 0 Å². The van der Waals surface area contributed by atoms with Gasteiger partial charge in [0.1, 0.15) is 13.2 Å². The van der Waals surface area contributed by atoms with Crippen molar-refractivity contribution in [3.05, 3.63) is 12.2 Å². The van der Waals surface area contributed by atoms with Gasteiger partial charge in [0.2, 0.25) is 5.91 Å². The van der Waals surface area contributed by atoms with Crippen LogP contribution in [0.5, 0.6) is 0 Å². The second-order valence-corrected chi connectivity index (χ2v) is 20.6. The van der Waals surface area contributed by atoms with Gasteiger partial charge in [-0.2, -0.15) is 0 Å². The molecule has 3 atom stereocenters. The maximum Gasteiger partial charge on any atom is 0.268 e. The average molecular weight is 871 g/mol. The van der Waals surface area contributed by atoms with E-state index in [0.717, 1.165) is 38.5 Å². The van der Waals surface area contributed by atoms with Crippen molar-refractivity contribution in [1.82, 2.24) is 5.32 Å². The van der Waals surface area contributed by atoms with Crippen LogP contribution in [0.3, 0.4) is 0 Å². The Morgan fingerprint density at radius 3 is 1.30 bits per heavy atom. The Hall–Kier alpha value is -0.760. The molecule has 0 saturated carbocycles. The van der Waals surface area contributed by atoms with Crippen LogP contribution in [0.1, 0.15) is 258 Å². The number of hydrogen-bond acceptors (Lipinski definition) is 6. The van der Waals surface area contributed by atoms with Gasteiger partial charge in [-0.3, -0.25) is 9.36 Å². The maximum absolute atomic E-state index is 12.9. The molecule has 0 aliphatic rings. The molecule has 0 aromatic rings. The number of carbonyl (C=O) groups excluding carboxylic acids is 1. The van der Waals surface area contributed by atoms with Crippen molar-refractivity contribution in [2.75, 3.05) is 40.9 Å². The Kier molecular flexibility index (Phi) is 42.9. The summed E-state index contributed by atoms with van der Waals surface area (Å²) in [5.41, 5.74) is 0. The lowest BCUT2D eigenvalue weighted by Gasteiger charge is -2.30. The first-order chi connectivity index (χ1) is 29.0. The van der Waals surface area contributed by atoms with Crippen LogP contribution in [-0.4, -0.2) is 68.5 Å². The van der Waals surface area contributed by atoms with Crippen molar-refractivity contribution in [2.45, 2.75) is 270 Å². The van der Waals surface area contributed by atoms with Gasteiger partial charge < -0.3 is 28.8 Å². The number of aliphatic hydroxyl groups is 1. The number of amides is 1. The summed E-state index contributed by atoms with van der Waals surface area (Å²) < 4.78 is 23.3. The summed E-state index contributed by atoms with van der Waals surface area (Å²) in [4.78, 5) is 25.3. The monoisotopic (exact) mass is 871 g/mol. The molecule has 0 fully saturated rings. The fourth-order valence-corrected chi connectivity index (χ4v) is 8.58. The lowest BCUT2D eigenvalue weighted by molar-refractivity contribution is -0.870. The van der Waals surface area contributed by atoms with Crippen LogP contribution in [0, 0.1) is 0 Å². The Bertz CT molecular complexity index is 989. The standard InChI is InChI=1S/C51H103N2O6P/c1-6-8-10-12-14-16-17-18-19-20-21-22-23-24-25-26-27-28-29-30-31-32-33-34-35-37-39-41-43-45-51(55)52-49(48-59-60(56,57)58-47-46-53(3,4)5)50(54)44-42-40-38-36-15-13-11-9-7-2/h20-21,49-50,54H,6-19,22-48H2,1-5H3,(H-,52,55,56,57)/b21-20-. The van der Waals surface area contributed by atoms with Crippen LogP contribution in [0.25, 0.3) is 0 Å². The number of nitrogens with one attached hydrogen (secondary N) is 1. The number of nitrogens with zero attached hydrogens (tertiary/aromatic N) is 1. The molecule has 0 bridgehead atoms. The molecule has 9 heteroatoms. The van der Waals surface area contributed by atoms with Crippen LogP contribution in [0.15, 0.2) is 12.2 Å². The summed E-state index contributed by atoms with van der Waals surface area (Å²) in [7, 11) is 1.31. The Morgan fingerprint density at radius 1 is 0.567 bits per heavy atom. The largest absolute Gasteiger partial charge is 0.756 e. The first-order valence-electron chi connectivity index (χ1n) is 26.0. The third-order valence-electron chi connectivity index (χ3n) is 12.0. The first kappa shape index (κ1) is 59.2. The van der Waals surface area contributed by atoms with E-state index in [9.17, 15) is 19.4 Å². The molecule has 0 spiro atoms. The van der Waals surface area contributed by atoms with E-state index in [-0.39, 0.29) is 19.1 Å². The molecule has 1 amide bonds. The molecule has 0 saturated heterocycles. The molecular formula is C51H103N2O6P. The third kappa shape index (κ3) is 45.3. The van der Waals surface area contributed by atoms with Gasteiger partial charge in [-0.25, -0.2) is 0 Å². The fourth-order valence-electron chi connectivity index (χ4n) is 7.86. The van der Waals surface area contributed by atoms with Crippen molar-refractivity contribution in [2.24, 2.45) is 0 Å². The van der Waals surface area contributed by atoms with Crippen molar-refractivity contribution in [3.63, 3.8) is 0 Å². The van der Waals surface area contributed by atoms with E-state index < -0.39 is 20.0 Å². The third-order valence-corrected chi connectivity index (χ3v) is 13.0. The van der Waals surface area contributed by atoms with Crippen molar-refractivity contribution < 1.29 is 32.9 Å². The van der Waals surface area contributed by atoms with E-state index in [1.54, 1.807) is 0 Å². The van der Waals surface area contributed by atoms with Crippen LogP contribution < -0.4 is 10.2 Å². The van der Waals surface area contributed by atoms with E-state index in [1.165, 1.54) is 193 Å². The van der Waals surface area contributed by atoms with Crippen molar-refractivity contribution in [1.29, 1.82) is 0 Å². The van der Waals surface area contributed by atoms with Crippen LogP contribution >= 0.6 is 7.82 Å². The lowest BCUT2D eigenvalue weighted by atomic mass is 10.0. The number of quaternary nitrogens is 1. The van der Waals surface area contributed by atoms with E-state index in [1.807, 2.05) is 21.1 Å². The van der Waals surface area contributed by atoms with Crippen LogP contribution in [0.4, 0.5) is 0 Å². The quantitative estimate of drug-likeness (QED) is 0.0273. The molecule has 0 aromatic carbocycles. The minimum atomic E-state index is -4.56. The summed E-state index contributed by atoms with van der Waals surface area (Å²) in [6.45, 7) is 4.72. The predicted molar refractivity (Wildman–Crippen MR) is 256 cm³/mol. The van der Waals surface area contributed by atoms with Gasteiger partial charge in [0.05, 0.1) is 39.9 Å². The fraction of sp³-hybridized carbons (Fsp3) is 0.941. The number of phosphoric ester groups is 1. The van der Waals surface area contributed by atoms with Crippen LogP contribution in [0.2, 0.25) is 0 Å². The molecular weight excluding hydrogens is 768 g/mol. The first-order valence-corrected chi connectivity index (χ1v) is 27.5. The predicted octanol–water partition coefficient (Wildman–Crippen LogP) is 14.5. The summed E-state index contributed by atoms with van der Waals surface area (Å²) in [6, 6.07) is -0.794. The van der Waals surface area contributed by atoms with E-state index in [0.29, 0.717) is 23.9 Å². The zero-order chi connectivity index (χ0) is 44.3. The van der Waals surface area contributed by atoms with Gasteiger partial charge in [0, 0.05) is 6.42 Å². The smallest absolute Gasteiger partial charge is 0.268 e. The number of carbonyl (C=O) groups is 1. The number of phosphoric acid groups is 1. The molecule has 60 heavy (non-hydrogen) atoms. The topological polar surface area (TPSA) is 108 Å². The van der Waals surface area contributed by atoms with E-state index in [2.05, 4.69) is 31.3 Å². The van der Waals surface area contributed by atoms with Gasteiger partial charge in [0.15, 0.2) is 0 Å². The second kappa shape index (κ2) is 43.5. The second-order valence-electron chi connectivity index (χ2n) is 19.2. The van der Waals surface area contributed by atoms with E-state index >= 15 is 0 Å². The highest BCUT2D eigenvalue weighted by Gasteiger charge is 2.24. The van der Waals surface area contributed by atoms with Crippen molar-refractivity contribution in [3.8, 4) is 0 Å². The number of allylic oxidation sites excluding steroid dienone is 2. The zero-order valence-electron chi connectivity index (χ0n) is 40.7. The molecule has 3 unspecified atom stereocenters. The van der Waals surface area contributed by atoms with Gasteiger partial charge in [0.25, 0.3) is 7.82 Å². The molecule has 0 aliphatic carbocycles. The molecule has 0 rings (SSSR count). The highest BCUT2D eigenvalue weighted by Crippen LogP contribution is 2.38. The van der Waals surface area contributed by atoms with Gasteiger partial charge >= 0.3 is 0 Å². The van der Waals surface area contributed by atoms with Gasteiger partial charge in [-0.1, -0.05) is 225 Å². The molecule has 358 valence electrons. The lowest BCUT2D eigenvalue weighted by Crippen LogP contribution is -2.46. The molecule has 0 aliphatic heterocycles.